The number of hydrogen-bond donors (Lipinski definition) is 0. The number of nitrogens with zero attached hydrogens (tertiary/aromatic N) is 1. The normalized spacial score (nSPS) is 10.1. The van der Waals surface area contributed by atoms with Gasteiger partial charge in [0.05, 0.1) is 22.1 Å². The summed E-state index contributed by atoms with van der Waals surface area (Å²) in [7, 11) is 1.26. The van der Waals surface area contributed by atoms with Crippen molar-refractivity contribution in [1.82, 2.24) is 0 Å². The van der Waals surface area contributed by atoms with Gasteiger partial charge in [0.15, 0.2) is 0 Å². The highest BCUT2D eigenvalue weighted by Crippen LogP contribution is 2.31. The first-order valence-electron chi connectivity index (χ1n) is 4.65. The van der Waals surface area contributed by atoms with Gasteiger partial charge in [-0.3, -0.25) is 14.9 Å². The number of carbonyl (C=O) groups is 1. The van der Waals surface area contributed by atoms with Crippen LogP contribution in [0, 0.1) is 10.1 Å². The molecule has 7 heteroatoms. The molecule has 1 aromatic carbocycles. The summed E-state index contributed by atoms with van der Waals surface area (Å²) in [4.78, 5) is 21.2. The van der Waals surface area contributed by atoms with Crippen LogP contribution in [0.5, 0.6) is 0 Å². The Kier molecular flexibility index (Phi) is 4.72. The van der Waals surface area contributed by atoms with Crippen LogP contribution in [0.3, 0.4) is 0 Å². The molecule has 0 amide bonds. The molecule has 5 nitrogen and oxygen atoms in total. The Morgan fingerprint density at radius 3 is 2.53 bits per heavy atom. The monoisotopic (exact) mass is 277 g/mol. The maximum absolute atomic E-state index is 11.0. The maximum atomic E-state index is 11.0. The molecule has 0 bridgehead atoms. The second-order valence-electron chi connectivity index (χ2n) is 3.23. The molecule has 0 aliphatic rings. The number of nitro benzene ring substituents is 1. The molecule has 0 saturated heterocycles. The molecule has 92 valence electrons. The molecular formula is C10H9Cl2NO4. The SMILES string of the molecule is COC(=O)CCc1cc(Cl)c(Cl)cc1[N+](=O)[O-]. The Labute approximate surface area is 107 Å². The van der Waals surface area contributed by atoms with Gasteiger partial charge >= 0.3 is 5.97 Å². The van der Waals surface area contributed by atoms with Crippen LogP contribution in [0.2, 0.25) is 10.0 Å². The molecule has 0 N–H and O–H groups in total. The molecule has 0 aliphatic heterocycles. The third-order valence-corrected chi connectivity index (χ3v) is 2.87. The van der Waals surface area contributed by atoms with Crippen LogP contribution in [0.4, 0.5) is 5.69 Å². The Hall–Kier alpha value is -1.33. The first-order chi connectivity index (χ1) is 7.95. The van der Waals surface area contributed by atoms with E-state index < -0.39 is 10.9 Å². The van der Waals surface area contributed by atoms with Crippen molar-refractivity contribution < 1.29 is 14.5 Å². The van der Waals surface area contributed by atoms with Crippen LogP contribution in [0.1, 0.15) is 12.0 Å². The van der Waals surface area contributed by atoms with Crippen molar-refractivity contribution in [2.24, 2.45) is 0 Å². The number of halogens is 2. The van der Waals surface area contributed by atoms with E-state index in [4.69, 9.17) is 23.2 Å². The second-order valence-corrected chi connectivity index (χ2v) is 4.04. The zero-order valence-corrected chi connectivity index (χ0v) is 10.4. The zero-order chi connectivity index (χ0) is 13.0. The Morgan fingerprint density at radius 2 is 2.00 bits per heavy atom. The van der Waals surface area contributed by atoms with Crippen LogP contribution >= 0.6 is 23.2 Å². The fourth-order valence-electron chi connectivity index (χ4n) is 1.29. The van der Waals surface area contributed by atoms with Crippen molar-refractivity contribution >= 4 is 34.9 Å². The molecule has 1 aromatic rings. The minimum Gasteiger partial charge on any atom is -0.469 e. The van der Waals surface area contributed by atoms with Gasteiger partial charge in [0, 0.05) is 18.1 Å². The van der Waals surface area contributed by atoms with Gasteiger partial charge in [0.25, 0.3) is 5.69 Å². The Balaban J connectivity index is 3.00. The lowest BCUT2D eigenvalue weighted by atomic mass is 10.1. The van der Waals surface area contributed by atoms with E-state index in [0.717, 1.165) is 0 Å². The molecular weight excluding hydrogens is 269 g/mol. The molecule has 0 fully saturated rings. The van der Waals surface area contributed by atoms with Crippen molar-refractivity contribution in [1.29, 1.82) is 0 Å². The van der Waals surface area contributed by atoms with Gasteiger partial charge in [-0.25, -0.2) is 0 Å². The highest BCUT2D eigenvalue weighted by atomic mass is 35.5. The number of esters is 1. The molecule has 0 atom stereocenters. The Bertz CT molecular complexity index is 462. The predicted molar refractivity (Wildman–Crippen MR) is 63.5 cm³/mol. The van der Waals surface area contributed by atoms with Crippen molar-refractivity contribution in [3.63, 3.8) is 0 Å². The number of benzene rings is 1. The van der Waals surface area contributed by atoms with Crippen molar-refractivity contribution in [2.75, 3.05) is 7.11 Å². The summed E-state index contributed by atoms with van der Waals surface area (Å²) in [5, 5.41) is 11.1. The number of carbonyl (C=O) groups excluding carboxylic acids is 1. The van der Waals surface area contributed by atoms with E-state index in [2.05, 4.69) is 4.74 Å². The van der Waals surface area contributed by atoms with E-state index in [9.17, 15) is 14.9 Å². The average Bonchev–Trinajstić information content (AvgIpc) is 2.29. The van der Waals surface area contributed by atoms with E-state index in [0.29, 0.717) is 5.56 Å². The van der Waals surface area contributed by atoms with Crippen LogP contribution in [0.15, 0.2) is 12.1 Å². The number of ether oxygens (including phenoxy) is 1. The van der Waals surface area contributed by atoms with Crippen LogP contribution in [-0.2, 0) is 16.0 Å². The number of methoxy groups -OCH3 is 1. The average molecular weight is 278 g/mol. The first kappa shape index (κ1) is 13.7. The van der Waals surface area contributed by atoms with E-state index in [1.54, 1.807) is 0 Å². The summed E-state index contributed by atoms with van der Waals surface area (Å²) in [6.07, 6.45) is 0.231. The molecule has 0 aliphatic carbocycles. The van der Waals surface area contributed by atoms with E-state index in [1.165, 1.54) is 19.2 Å². The molecule has 0 saturated carbocycles. The minimum atomic E-state index is -0.561. The van der Waals surface area contributed by atoms with Gasteiger partial charge in [-0.2, -0.15) is 0 Å². The summed E-state index contributed by atoms with van der Waals surface area (Å²) in [5.74, 6) is -0.439. The lowest BCUT2D eigenvalue weighted by molar-refractivity contribution is -0.385. The third kappa shape index (κ3) is 3.57. The fraction of sp³-hybridized carbons (Fsp3) is 0.300. The zero-order valence-electron chi connectivity index (χ0n) is 8.91. The fourth-order valence-corrected chi connectivity index (χ4v) is 1.63. The predicted octanol–water partition coefficient (Wildman–Crippen LogP) is 3.01. The third-order valence-electron chi connectivity index (χ3n) is 2.14. The van der Waals surface area contributed by atoms with Crippen LogP contribution in [0.25, 0.3) is 0 Å². The lowest BCUT2D eigenvalue weighted by Gasteiger charge is -2.04. The van der Waals surface area contributed by atoms with Gasteiger partial charge < -0.3 is 4.74 Å². The lowest BCUT2D eigenvalue weighted by Crippen LogP contribution is -2.04. The molecule has 0 spiro atoms. The smallest absolute Gasteiger partial charge is 0.305 e. The largest absolute Gasteiger partial charge is 0.469 e. The van der Waals surface area contributed by atoms with Gasteiger partial charge in [-0.1, -0.05) is 23.2 Å². The standard InChI is InChI=1S/C10H9Cl2NO4/c1-17-10(14)3-2-6-4-7(11)8(12)5-9(6)13(15)16/h4-5H,2-3H2,1H3. The number of nitro groups is 1. The Morgan fingerprint density at radius 1 is 1.41 bits per heavy atom. The van der Waals surface area contributed by atoms with Gasteiger partial charge in [-0.05, 0) is 12.5 Å². The first-order valence-corrected chi connectivity index (χ1v) is 5.40. The van der Waals surface area contributed by atoms with Gasteiger partial charge in [-0.15, -0.1) is 0 Å². The molecule has 0 aromatic heterocycles. The van der Waals surface area contributed by atoms with Crippen molar-refractivity contribution in [3.05, 3.63) is 37.9 Å². The molecule has 0 radical (unpaired) electrons. The van der Waals surface area contributed by atoms with Gasteiger partial charge in [0.2, 0.25) is 0 Å². The minimum absolute atomic E-state index is 0.0509. The highest BCUT2D eigenvalue weighted by molar-refractivity contribution is 6.42. The summed E-state index contributed by atoms with van der Waals surface area (Å²) in [5.41, 5.74) is 0.207. The summed E-state index contributed by atoms with van der Waals surface area (Å²) in [6.45, 7) is 0. The van der Waals surface area contributed by atoms with Crippen molar-refractivity contribution in [3.8, 4) is 0 Å². The molecule has 17 heavy (non-hydrogen) atoms. The van der Waals surface area contributed by atoms with Gasteiger partial charge in [0.1, 0.15) is 0 Å². The second kappa shape index (κ2) is 5.84. The molecule has 1 rings (SSSR count). The molecule has 0 heterocycles. The summed E-state index contributed by atoms with van der Waals surface area (Å²) in [6, 6.07) is 2.57. The van der Waals surface area contributed by atoms with Crippen LogP contribution < -0.4 is 0 Å². The molecule has 0 unspecified atom stereocenters. The van der Waals surface area contributed by atoms with E-state index >= 15 is 0 Å². The van der Waals surface area contributed by atoms with Crippen molar-refractivity contribution in [2.45, 2.75) is 12.8 Å². The number of rotatable bonds is 4. The quantitative estimate of drug-likeness (QED) is 0.482. The topological polar surface area (TPSA) is 69.4 Å². The van der Waals surface area contributed by atoms with E-state index in [-0.39, 0.29) is 28.6 Å². The highest BCUT2D eigenvalue weighted by Gasteiger charge is 2.17. The summed E-state index contributed by atoms with van der Waals surface area (Å²) >= 11 is 11.5. The summed E-state index contributed by atoms with van der Waals surface area (Å²) < 4.78 is 4.46. The maximum Gasteiger partial charge on any atom is 0.305 e. The number of hydrogen-bond acceptors (Lipinski definition) is 4. The van der Waals surface area contributed by atoms with Crippen LogP contribution in [-0.4, -0.2) is 18.0 Å². The number of aryl methyl sites for hydroxylation is 1. The van der Waals surface area contributed by atoms with E-state index in [1.807, 2.05) is 0 Å².